The molecule has 86 valence electrons. The van der Waals surface area contributed by atoms with E-state index in [4.69, 9.17) is 12.2 Å². The summed E-state index contributed by atoms with van der Waals surface area (Å²) in [5, 5.41) is 6.81. The first kappa shape index (κ1) is 12.1. The van der Waals surface area contributed by atoms with Gasteiger partial charge in [0.2, 0.25) is 0 Å². The van der Waals surface area contributed by atoms with Gasteiger partial charge in [0.15, 0.2) is 5.69 Å². The number of nitrogens with zero attached hydrogens (tertiary/aromatic N) is 2. The fraction of sp³-hybridized carbons (Fsp3) is 0.455. The summed E-state index contributed by atoms with van der Waals surface area (Å²) in [6.07, 6.45) is 7.28. The van der Waals surface area contributed by atoms with Gasteiger partial charge in [0.25, 0.3) is 5.91 Å². The second kappa shape index (κ2) is 5.21. The van der Waals surface area contributed by atoms with Crippen molar-refractivity contribution in [2.45, 2.75) is 32.9 Å². The first-order valence-corrected chi connectivity index (χ1v) is 5.15. The predicted molar refractivity (Wildman–Crippen MR) is 62.7 cm³/mol. The van der Waals surface area contributed by atoms with Crippen molar-refractivity contribution < 1.29 is 4.79 Å². The van der Waals surface area contributed by atoms with E-state index in [1.165, 1.54) is 0 Å². The van der Waals surface area contributed by atoms with Crippen LogP contribution >= 0.6 is 0 Å². The molecule has 1 amide bonds. The monoisotopic (exact) mass is 220 g/mol. The van der Waals surface area contributed by atoms with Gasteiger partial charge in [0.05, 0.1) is 5.69 Å². The van der Waals surface area contributed by atoms with Gasteiger partial charge in [-0.25, -0.2) is 0 Å². The van der Waals surface area contributed by atoms with Gasteiger partial charge in [-0.1, -0.05) is 0 Å². The molecule has 0 aliphatic rings. The number of terminal acetylenes is 1. The number of rotatable bonds is 4. The van der Waals surface area contributed by atoms with E-state index in [2.05, 4.69) is 16.3 Å². The zero-order chi connectivity index (χ0) is 12.1. The van der Waals surface area contributed by atoms with Crippen molar-refractivity contribution in [1.82, 2.24) is 15.1 Å². The van der Waals surface area contributed by atoms with Crippen LogP contribution in [0.2, 0.25) is 0 Å². The minimum Gasteiger partial charge on any atom is -0.396 e. The maximum atomic E-state index is 11.7. The molecule has 0 aromatic carbocycles. The summed E-state index contributed by atoms with van der Waals surface area (Å²) < 4.78 is 1.62. The fourth-order valence-electron chi connectivity index (χ4n) is 1.30. The van der Waals surface area contributed by atoms with Crippen LogP contribution in [-0.4, -0.2) is 21.7 Å². The molecule has 0 saturated heterocycles. The zero-order valence-corrected chi connectivity index (χ0v) is 9.53. The average molecular weight is 220 g/mol. The Kier molecular flexibility index (Phi) is 3.95. The molecule has 5 heteroatoms. The Hall–Kier alpha value is -1.96. The largest absolute Gasteiger partial charge is 0.396 e. The SMILES string of the molecule is C#CCC(C)NC(=O)c1nn(CC)cc1N. The Morgan fingerprint density at radius 3 is 3.00 bits per heavy atom. The van der Waals surface area contributed by atoms with Crippen molar-refractivity contribution in [2.24, 2.45) is 0 Å². The van der Waals surface area contributed by atoms with Crippen LogP contribution < -0.4 is 11.1 Å². The van der Waals surface area contributed by atoms with Crippen LogP contribution in [0.5, 0.6) is 0 Å². The van der Waals surface area contributed by atoms with Gasteiger partial charge in [-0.3, -0.25) is 9.48 Å². The van der Waals surface area contributed by atoms with Crippen LogP contribution in [0.1, 0.15) is 30.8 Å². The quantitative estimate of drug-likeness (QED) is 0.731. The molecule has 1 aromatic heterocycles. The van der Waals surface area contributed by atoms with E-state index >= 15 is 0 Å². The van der Waals surface area contributed by atoms with Crippen molar-refractivity contribution in [3.63, 3.8) is 0 Å². The van der Waals surface area contributed by atoms with Gasteiger partial charge in [-0.2, -0.15) is 5.10 Å². The number of hydrogen-bond acceptors (Lipinski definition) is 3. The summed E-state index contributed by atoms with van der Waals surface area (Å²) >= 11 is 0. The van der Waals surface area contributed by atoms with E-state index < -0.39 is 0 Å². The number of amides is 1. The number of aromatic nitrogens is 2. The molecule has 1 atom stereocenters. The normalized spacial score (nSPS) is 11.8. The molecule has 0 spiro atoms. The van der Waals surface area contributed by atoms with Gasteiger partial charge < -0.3 is 11.1 Å². The number of anilines is 1. The lowest BCUT2D eigenvalue weighted by Crippen LogP contribution is -2.33. The summed E-state index contributed by atoms with van der Waals surface area (Å²) in [6.45, 7) is 4.44. The maximum absolute atomic E-state index is 11.7. The van der Waals surface area contributed by atoms with Crippen molar-refractivity contribution in [2.75, 3.05) is 5.73 Å². The van der Waals surface area contributed by atoms with Crippen molar-refractivity contribution >= 4 is 11.6 Å². The molecule has 0 bridgehead atoms. The van der Waals surface area contributed by atoms with E-state index in [1.807, 2.05) is 13.8 Å². The third-order valence-corrected chi connectivity index (χ3v) is 2.13. The Bertz CT molecular complexity index is 416. The van der Waals surface area contributed by atoms with E-state index in [-0.39, 0.29) is 17.6 Å². The highest BCUT2D eigenvalue weighted by Gasteiger charge is 2.15. The highest BCUT2D eigenvalue weighted by atomic mass is 16.2. The second-order valence-corrected chi connectivity index (χ2v) is 3.57. The van der Waals surface area contributed by atoms with Crippen LogP contribution in [0, 0.1) is 12.3 Å². The standard InChI is InChI=1S/C11H16N4O/c1-4-6-8(3)13-11(16)10-9(12)7-15(5-2)14-10/h1,7-8H,5-6,12H2,2-3H3,(H,13,16). The van der Waals surface area contributed by atoms with Crippen LogP contribution in [0.4, 0.5) is 5.69 Å². The highest BCUT2D eigenvalue weighted by molar-refractivity contribution is 5.97. The smallest absolute Gasteiger partial charge is 0.274 e. The maximum Gasteiger partial charge on any atom is 0.274 e. The summed E-state index contributed by atoms with van der Waals surface area (Å²) in [4.78, 5) is 11.7. The van der Waals surface area contributed by atoms with Gasteiger partial charge in [0.1, 0.15) is 0 Å². The third kappa shape index (κ3) is 2.76. The fourth-order valence-corrected chi connectivity index (χ4v) is 1.30. The molecule has 0 saturated carbocycles. The van der Waals surface area contributed by atoms with Gasteiger partial charge in [-0.05, 0) is 13.8 Å². The molecule has 1 unspecified atom stereocenters. The lowest BCUT2D eigenvalue weighted by molar-refractivity contribution is 0.0936. The third-order valence-electron chi connectivity index (χ3n) is 2.13. The van der Waals surface area contributed by atoms with Gasteiger partial charge in [-0.15, -0.1) is 12.3 Å². The topological polar surface area (TPSA) is 72.9 Å². The molecule has 16 heavy (non-hydrogen) atoms. The summed E-state index contributed by atoms with van der Waals surface area (Å²) in [6, 6.07) is -0.0799. The predicted octanol–water partition coefficient (Wildman–Crippen LogP) is 0.627. The van der Waals surface area contributed by atoms with E-state index in [0.29, 0.717) is 18.7 Å². The molecular formula is C11H16N4O. The molecule has 1 heterocycles. The van der Waals surface area contributed by atoms with E-state index in [0.717, 1.165) is 0 Å². The Morgan fingerprint density at radius 2 is 2.50 bits per heavy atom. The molecule has 1 aromatic rings. The zero-order valence-electron chi connectivity index (χ0n) is 9.53. The van der Waals surface area contributed by atoms with Gasteiger partial charge in [0, 0.05) is 25.2 Å². The van der Waals surface area contributed by atoms with E-state index in [1.54, 1.807) is 10.9 Å². The van der Waals surface area contributed by atoms with Crippen LogP contribution in [0.25, 0.3) is 0 Å². The number of aryl methyl sites for hydroxylation is 1. The lowest BCUT2D eigenvalue weighted by atomic mass is 10.2. The number of hydrogen-bond donors (Lipinski definition) is 2. The number of carbonyl (C=O) groups is 1. The van der Waals surface area contributed by atoms with Crippen molar-refractivity contribution in [3.05, 3.63) is 11.9 Å². The number of carbonyl (C=O) groups excluding carboxylic acids is 1. The lowest BCUT2D eigenvalue weighted by Gasteiger charge is -2.09. The minimum atomic E-state index is -0.285. The van der Waals surface area contributed by atoms with Crippen LogP contribution in [-0.2, 0) is 6.54 Å². The van der Waals surface area contributed by atoms with Crippen molar-refractivity contribution in [3.8, 4) is 12.3 Å². The second-order valence-electron chi connectivity index (χ2n) is 3.57. The van der Waals surface area contributed by atoms with E-state index in [9.17, 15) is 4.79 Å². The molecule has 5 nitrogen and oxygen atoms in total. The molecule has 0 radical (unpaired) electrons. The number of nitrogens with two attached hydrogens (primary N) is 1. The minimum absolute atomic E-state index is 0.0799. The molecule has 1 rings (SSSR count). The number of nitrogens with one attached hydrogen (secondary N) is 1. The Balaban J connectivity index is 2.73. The van der Waals surface area contributed by atoms with Gasteiger partial charge >= 0.3 is 0 Å². The first-order chi connectivity index (χ1) is 7.58. The van der Waals surface area contributed by atoms with Crippen LogP contribution in [0.3, 0.4) is 0 Å². The molecular weight excluding hydrogens is 204 g/mol. The van der Waals surface area contributed by atoms with Crippen molar-refractivity contribution in [1.29, 1.82) is 0 Å². The molecule has 3 N–H and O–H groups in total. The Labute approximate surface area is 95.0 Å². The molecule has 0 aliphatic heterocycles. The molecule has 0 aliphatic carbocycles. The van der Waals surface area contributed by atoms with Crippen LogP contribution in [0.15, 0.2) is 6.20 Å². The summed E-state index contributed by atoms with van der Waals surface area (Å²) in [5.41, 5.74) is 6.32. The first-order valence-electron chi connectivity index (χ1n) is 5.15. The Morgan fingerprint density at radius 1 is 1.81 bits per heavy atom. The number of nitrogen functional groups attached to an aromatic ring is 1. The summed E-state index contributed by atoms with van der Waals surface area (Å²) in [5.74, 6) is 2.20. The highest BCUT2D eigenvalue weighted by Crippen LogP contribution is 2.09. The summed E-state index contributed by atoms with van der Waals surface area (Å²) in [7, 11) is 0. The molecule has 0 fully saturated rings. The average Bonchev–Trinajstić information content (AvgIpc) is 2.60.